The molecule has 0 saturated heterocycles. The first-order valence-corrected chi connectivity index (χ1v) is 9.22. The third-order valence-corrected chi connectivity index (χ3v) is 6.07. The topological polar surface area (TPSA) is 111 Å². The average Bonchev–Trinajstić information content (AvgIpc) is 3.06. The number of nitrogens with one attached hydrogen (secondary N) is 1. The number of nitrogens with two attached hydrogens (primary N) is 1. The maximum atomic E-state index is 13.0. The zero-order valence-electron chi connectivity index (χ0n) is 13.3. The van der Waals surface area contributed by atoms with Crippen molar-refractivity contribution in [1.82, 2.24) is 15.0 Å². The largest absolute Gasteiger partial charge is 0.476 e. The lowest BCUT2D eigenvalue weighted by Crippen LogP contribution is -2.07. The number of hydrogen-bond acceptors (Lipinski definition) is 6. The summed E-state index contributed by atoms with van der Waals surface area (Å²) >= 11 is 0. The number of sulfone groups is 1. The van der Waals surface area contributed by atoms with Crippen molar-refractivity contribution in [3.8, 4) is 5.88 Å². The molecule has 1 atom stereocenters. The van der Waals surface area contributed by atoms with Crippen molar-refractivity contribution >= 4 is 26.7 Å². The Labute approximate surface area is 147 Å². The summed E-state index contributed by atoms with van der Waals surface area (Å²) in [5.41, 5.74) is 6.09. The third kappa shape index (κ3) is 2.66. The Balaban J connectivity index is 1.76. The molecule has 1 aliphatic carbocycles. The molecule has 1 saturated carbocycles. The Morgan fingerprint density at radius 2 is 1.96 bits per heavy atom. The fourth-order valence-corrected chi connectivity index (χ4v) is 4.20. The molecule has 136 valence electrons. The molecule has 1 fully saturated rings. The van der Waals surface area contributed by atoms with E-state index in [9.17, 15) is 17.2 Å². The summed E-state index contributed by atoms with van der Waals surface area (Å²) in [6, 6.07) is 7.77. The number of aromatic amines is 1. The summed E-state index contributed by atoms with van der Waals surface area (Å²) in [6.07, 6.45) is 0.877. The van der Waals surface area contributed by atoms with E-state index in [0.717, 1.165) is 6.33 Å². The maximum Gasteiger partial charge on any atom is 0.255 e. The van der Waals surface area contributed by atoms with E-state index >= 15 is 0 Å². The van der Waals surface area contributed by atoms with E-state index in [1.54, 1.807) is 18.2 Å². The summed E-state index contributed by atoms with van der Waals surface area (Å²) < 4.78 is 57.2. The van der Waals surface area contributed by atoms with Gasteiger partial charge in [-0.1, -0.05) is 18.2 Å². The van der Waals surface area contributed by atoms with Gasteiger partial charge in [0, 0.05) is 6.42 Å². The lowest BCUT2D eigenvalue weighted by molar-refractivity contribution is 0.0851. The molecule has 1 unspecified atom stereocenters. The predicted octanol–water partition coefficient (Wildman–Crippen LogP) is 2.41. The number of ether oxygens (including phenoxy) is 1. The highest BCUT2D eigenvalue weighted by Crippen LogP contribution is 2.48. The Morgan fingerprint density at radius 1 is 1.27 bits per heavy atom. The predicted molar refractivity (Wildman–Crippen MR) is 88.7 cm³/mol. The van der Waals surface area contributed by atoms with Gasteiger partial charge in [-0.05, 0) is 12.1 Å². The molecule has 2 heterocycles. The quantitative estimate of drug-likeness (QED) is 0.703. The fraction of sp³-hybridized carbons (Fsp3) is 0.250. The number of halogens is 2. The highest BCUT2D eigenvalue weighted by molar-refractivity contribution is 7.92. The number of anilines is 1. The maximum absolute atomic E-state index is 13.0. The van der Waals surface area contributed by atoms with Crippen LogP contribution in [0.25, 0.3) is 11.0 Å². The molecular formula is C16H14F2N4O3S. The molecule has 1 aliphatic rings. The minimum absolute atomic E-state index is 0.0149. The van der Waals surface area contributed by atoms with Crippen LogP contribution in [0.3, 0.4) is 0 Å². The van der Waals surface area contributed by atoms with Gasteiger partial charge in [0.25, 0.3) is 5.92 Å². The van der Waals surface area contributed by atoms with E-state index in [1.165, 1.54) is 12.1 Å². The molecule has 4 rings (SSSR count). The second-order valence-corrected chi connectivity index (χ2v) is 7.95. The zero-order chi connectivity index (χ0) is 18.5. The van der Waals surface area contributed by atoms with E-state index in [0.29, 0.717) is 0 Å². The van der Waals surface area contributed by atoms with Gasteiger partial charge in [-0.25, -0.2) is 22.2 Å². The Morgan fingerprint density at radius 3 is 2.62 bits per heavy atom. The van der Waals surface area contributed by atoms with Crippen LogP contribution in [0.2, 0.25) is 0 Å². The molecule has 1 aromatic carbocycles. The lowest BCUT2D eigenvalue weighted by atomic mass is 10.4. The number of nitrogens with zero attached hydrogens (tertiary/aromatic N) is 2. The van der Waals surface area contributed by atoms with E-state index < -0.39 is 21.7 Å². The number of hydrogen-bond donors (Lipinski definition) is 2. The van der Waals surface area contributed by atoms with Crippen LogP contribution in [0.1, 0.15) is 6.42 Å². The smallest absolute Gasteiger partial charge is 0.255 e. The molecule has 10 heteroatoms. The second-order valence-electron chi connectivity index (χ2n) is 6.06. The van der Waals surface area contributed by atoms with Gasteiger partial charge in [-0.2, -0.15) is 4.98 Å². The van der Waals surface area contributed by atoms with Crippen molar-refractivity contribution < 1.29 is 21.9 Å². The number of fused-ring (bicyclic) bond motifs is 1. The Hall–Kier alpha value is -2.75. The van der Waals surface area contributed by atoms with Crippen molar-refractivity contribution in [3.63, 3.8) is 0 Å². The first-order valence-electron chi connectivity index (χ1n) is 7.73. The number of rotatable bonds is 5. The van der Waals surface area contributed by atoms with Crippen molar-refractivity contribution in [2.24, 2.45) is 5.92 Å². The van der Waals surface area contributed by atoms with Crippen LogP contribution in [-0.2, 0) is 9.84 Å². The zero-order valence-corrected chi connectivity index (χ0v) is 14.1. The standard InChI is InChI=1S/C16H14F2N4O3S/c17-16(18)6-9(16)7-25-15-12-11(20-8-21-15)13(14(19)22-12)26(23,24)10-4-2-1-3-5-10/h1-5,8-9,22H,6-7,19H2. The fourth-order valence-electron chi connectivity index (χ4n) is 2.70. The van der Waals surface area contributed by atoms with Crippen LogP contribution in [0, 0.1) is 5.92 Å². The van der Waals surface area contributed by atoms with E-state index in [2.05, 4.69) is 15.0 Å². The van der Waals surface area contributed by atoms with Gasteiger partial charge in [-0.3, -0.25) is 0 Å². The second kappa shape index (κ2) is 5.63. The first-order chi connectivity index (χ1) is 12.3. The molecular weight excluding hydrogens is 366 g/mol. The van der Waals surface area contributed by atoms with E-state index in [1.807, 2.05) is 0 Å². The number of nitrogen functional groups attached to an aromatic ring is 1. The summed E-state index contributed by atoms with van der Waals surface area (Å²) in [5.74, 6) is -3.72. The number of aromatic nitrogens is 3. The number of H-pyrrole nitrogens is 1. The SMILES string of the molecule is Nc1[nH]c2c(OCC3CC3(F)F)ncnc2c1S(=O)(=O)c1ccccc1. The Bertz CT molecular complexity index is 1080. The molecule has 3 N–H and O–H groups in total. The van der Waals surface area contributed by atoms with Gasteiger partial charge in [-0.15, -0.1) is 0 Å². The van der Waals surface area contributed by atoms with Crippen molar-refractivity contribution in [2.45, 2.75) is 22.1 Å². The third-order valence-electron chi connectivity index (χ3n) is 4.23. The van der Waals surface area contributed by atoms with Crippen LogP contribution in [0.15, 0.2) is 46.5 Å². The lowest BCUT2D eigenvalue weighted by Gasteiger charge is -2.06. The first kappa shape index (κ1) is 16.7. The summed E-state index contributed by atoms with van der Waals surface area (Å²) in [6.45, 7) is -0.223. The van der Waals surface area contributed by atoms with Gasteiger partial charge in [0.2, 0.25) is 15.7 Å². The number of benzene rings is 1. The molecule has 7 nitrogen and oxygen atoms in total. The minimum atomic E-state index is -3.93. The molecule has 0 radical (unpaired) electrons. The molecule has 2 aromatic heterocycles. The Kier molecular flexibility index (Phi) is 3.62. The van der Waals surface area contributed by atoms with Gasteiger partial charge >= 0.3 is 0 Å². The number of alkyl halides is 2. The minimum Gasteiger partial charge on any atom is -0.476 e. The molecule has 0 amide bonds. The molecule has 26 heavy (non-hydrogen) atoms. The van der Waals surface area contributed by atoms with Crippen molar-refractivity contribution in [3.05, 3.63) is 36.7 Å². The summed E-state index contributed by atoms with van der Waals surface area (Å²) in [5, 5.41) is 0. The normalized spacial score (nSPS) is 18.8. The van der Waals surface area contributed by atoms with E-state index in [-0.39, 0.29) is 45.5 Å². The van der Waals surface area contributed by atoms with Crippen LogP contribution < -0.4 is 10.5 Å². The van der Waals surface area contributed by atoms with E-state index in [4.69, 9.17) is 10.5 Å². The average molecular weight is 380 g/mol. The van der Waals surface area contributed by atoms with Gasteiger partial charge < -0.3 is 15.5 Å². The van der Waals surface area contributed by atoms with Crippen LogP contribution in [0.5, 0.6) is 5.88 Å². The van der Waals surface area contributed by atoms with Crippen LogP contribution >= 0.6 is 0 Å². The highest BCUT2D eigenvalue weighted by atomic mass is 32.2. The van der Waals surface area contributed by atoms with Crippen LogP contribution in [-0.4, -0.2) is 35.9 Å². The van der Waals surface area contributed by atoms with Crippen molar-refractivity contribution in [2.75, 3.05) is 12.3 Å². The van der Waals surface area contributed by atoms with Gasteiger partial charge in [0.1, 0.15) is 28.1 Å². The molecule has 0 aliphatic heterocycles. The van der Waals surface area contributed by atoms with Crippen molar-refractivity contribution in [1.29, 1.82) is 0 Å². The summed E-state index contributed by atoms with van der Waals surface area (Å²) in [7, 11) is -3.93. The highest BCUT2D eigenvalue weighted by Gasteiger charge is 2.57. The molecule has 0 spiro atoms. The van der Waals surface area contributed by atoms with Gasteiger partial charge in [0.15, 0.2) is 0 Å². The summed E-state index contributed by atoms with van der Waals surface area (Å²) in [4.78, 5) is 10.5. The monoisotopic (exact) mass is 380 g/mol. The van der Waals surface area contributed by atoms with Crippen LogP contribution in [0.4, 0.5) is 14.6 Å². The molecule has 0 bridgehead atoms. The van der Waals surface area contributed by atoms with Gasteiger partial charge in [0.05, 0.1) is 17.4 Å². The molecule has 3 aromatic rings.